The van der Waals surface area contributed by atoms with Crippen LogP contribution in [0.3, 0.4) is 0 Å². The number of anilines is 1. The van der Waals surface area contributed by atoms with Crippen molar-refractivity contribution in [1.82, 2.24) is 15.0 Å². The van der Waals surface area contributed by atoms with E-state index in [1.807, 2.05) is 19.9 Å². The largest absolute Gasteiger partial charge is 0.360 e. The van der Waals surface area contributed by atoms with Gasteiger partial charge in [0, 0.05) is 43.5 Å². The normalized spacial score (nSPS) is 15.6. The Bertz CT molecular complexity index is 918. The molecule has 8 nitrogen and oxygen atoms in total. The Morgan fingerprint density at radius 3 is 2.61 bits per heavy atom. The molecule has 9 heteroatoms. The summed E-state index contributed by atoms with van der Waals surface area (Å²) in [4.78, 5) is 16.8. The second-order valence-electron chi connectivity index (χ2n) is 7.00. The Morgan fingerprint density at radius 2 is 1.96 bits per heavy atom. The van der Waals surface area contributed by atoms with E-state index in [1.165, 1.54) is 0 Å². The SMILES string of the molecule is CCCS(=O)(=O)Nc1cccc(C(=O)N2CCN(Cc3cc(C)no3)CC2)c1. The molecule has 1 aromatic carbocycles. The van der Waals surface area contributed by atoms with Gasteiger partial charge in [-0.2, -0.15) is 0 Å². The highest BCUT2D eigenvalue weighted by molar-refractivity contribution is 7.92. The number of nitrogens with zero attached hydrogens (tertiary/aromatic N) is 3. The average Bonchev–Trinajstić information content (AvgIpc) is 3.06. The summed E-state index contributed by atoms with van der Waals surface area (Å²) in [5, 5.41) is 3.90. The molecule has 2 heterocycles. The minimum atomic E-state index is -3.38. The predicted molar refractivity (Wildman–Crippen MR) is 107 cm³/mol. The zero-order chi connectivity index (χ0) is 20.1. The number of nitrogens with one attached hydrogen (secondary N) is 1. The first-order chi connectivity index (χ1) is 13.4. The third-order valence-corrected chi connectivity index (χ3v) is 6.06. The van der Waals surface area contributed by atoms with Crippen LogP contribution in [0.15, 0.2) is 34.9 Å². The number of sulfonamides is 1. The van der Waals surface area contributed by atoms with Crippen LogP contribution >= 0.6 is 0 Å². The molecule has 0 saturated carbocycles. The molecule has 3 rings (SSSR count). The van der Waals surface area contributed by atoms with Gasteiger partial charge in [-0.15, -0.1) is 0 Å². The van der Waals surface area contributed by atoms with E-state index in [4.69, 9.17) is 4.52 Å². The Hall–Kier alpha value is -2.39. The van der Waals surface area contributed by atoms with Gasteiger partial charge < -0.3 is 9.42 Å². The minimum Gasteiger partial charge on any atom is -0.360 e. The number of aryl methyl sites for hydroxylation is 1. The number of benzene rings is 1. The first-order valence-electron chi connectivity index (χ1n) is 9.40. The van der Waals surface area contributed by atoms with E-state index in [0.29, 0.717) is 37.3 Å². The van der Waals surface area contributed by atoms with Gasteiger partial charge in [0.25, 0.3) is 5.91 Å². The van der Waals surface area contributed by atoms with Crippen LogP contribution in [-0.4, -0.2) is 61.2 Å². The molecule has 1 saturated heterocycles. The minimum absolute atomic E-state index is 0.0534. The molecule has 28 heavy (non-hydrogen) atoms. The van der Waals surface area contributed by atoms with E-state index in [9.17, 15) is 13.2 Å². The predicted octanol–water partition coefficient (Wildman–Crippen LogP) is 2.09. The summed E-state index contributed by atoms with van der Waals surface area (Å²) in [5.41, 5.74) is 1.76. The Kier molecular flexibility index (Phi) is 6.35. The summed E-state index contributed by atoms with van der Waals surface area (Å²) >= 11 is 0. The van der Waals surface area contributed by atoms with Crippen molar-refractivity contribution in [2.75, 3.05) is 36.7 Å². The van der Waals surface area contributed by atoms with Gasteiger partial charge in [-0.1, -0.05) is 18.1 Å². The highest BCUT2D eigenvalue weighted by atomic mass is 32.2. The fourth-order valence-corrected chi connectivity index (χ4v) is 4.34. The molecular weight excluding hydrogens is 380 g/mol. The molecule has 152 valence electrons. The molecule has 1 amide bonds. The van der Waals surface area contributed by atoms with Gasteiger partial charge >= 0.3 is 0 Å². The molecule has 1 aliphatic heterocycles. The van der Waals surface area contributed by atoms with Gasteiger partial charge in [0.1, 0.15) is 0 Å². The molecule has 1 N–H and O–H groups in total. The lowest BCUT2D eigenvalue weighted by molar-refractivity contribution is 0.0617. The molecule has 0 aliphatic carbocycles. The van der Waals surface area contributed by atoms with Crippen molar-refractivity contribution in [2.24, 2.45) is 0 Å². The van der Waals surface area contributed by atoms with E-state index >= 15 is 0 Å². The highest BCUT2D eigenvalue weighted by Gasteiger charge is 2.23. The van der Waals surface area contributed by atoms with Crippen LogP contribution in [0.2, 0.25) is 0 Å². The van der Waals surface area contributed by atoms with Crippen LogP contribution in [-0.2, 0) is 16.6 Å². The maximum atomic E-state index is 12.8. The maximum absolute atomic E-state index is 12.8. The molecule has 0 bridgehead atoms. The van der Waals surface area contributed by atoms with E-state index < -0.39 is 10.0 Å². The van der Waals surface area contributed by atoms with Gasteiger partial charge in [-0.05, 0) is 31.5 Å². The van der Waals surface area contributed by atoms with Crippen LogP contribution in [0.4, 0.5) is 5.69 Å². The number of piperazine rings is 1. The topological polar surface area (TPSA) is 95.8 Å². The van der Waals surface area contributed by atoms with Crippen molar-refractivity contribution < 1.29 is 17.7 Å². The lowest BCUT2D eigenvalue weighted by Gasteiger charge is -2.34. The average molecular weight is 407 g/mol. The number of hydrogen-bond acceptors (Lipinski definition) is 6. The summed E-state index contributed by atoms with van der Waals surface area (Å²) in [5.74, 6) is 0.786. The molecular formula is C19H26N4O4S. The molecule has 1 fully saturated rings. The van der Waals surface area contributed by atoms with Crippen LogP contribution in [0.5, 0.6) is 0 Å². The van der Waals surface area contributed by atoms with Gasteiger partial charge in [0.2, 0.25) is 10.0 Å². The van der Waals surface area contributed by atoms with Crippen molar-refractivity contribution in [3.05, 3.63) is 47.3 Å². The third-order valence-electron chi connectivity index (χ3n) is 4.57. The van der Waals surface area contributed by atoms with E-state index in [1.54, 1.807) is 29.2 Å². The third kappa shape index (κ3) is 5.32. The Balaban J connectivity index is 1.58. The number of rotatable bonds is 7. The van der Waals surface area contributed by atoms with Gasteiger partial charge in [-0.25, -0.2) is 8.42 Å². The molecule has 1 aromatic heterocycles. The summed E-state index contributed by atoms with van der Waals surface area (Å²) in [6.07, 6.45) is 0.534. The van der Waals surface area contributed by atoms with Crippen LogP contribution in [0.1, 0.15) is 35.2 Å². The zero-order valence-electron chi connectivity index (χ0n) is 16.2. The first-order valence-corrected chi connectivity index (χ1v) is 11.1. The highest BCUT2D eigenvalue weighted by Crippen LogP contribution is 2.16. The Morgan fingerprint density at radius 1 is 1.21 bits per heavy atom. The molecule has 1 aliphatic rings. The Labute approximate surface area is 165 Å². The number of carbonyl (C=O) groups excluding carboxylic acids is 1. The van der Waals surface area contributed by atoms with Crippen LogP contribution in [0.25, 0.3) is 0 Å². The molecule has 0 atom stereocenters. The fourth-order valence-electron chi connectivity index (χ4n) is 3.22. The van der Waals surface area contributed by atoms with Gasteiger partial charge in [0.05, 0.1) is 18.0 Å². The van der Waals surface area contributed by atoms with Crippen LogP contribution in [0, 0.1) is 6.92 Å². The fraction of sp³-hybridized carbons (Fsp3) is 0.474. The molecule has 0 unspecified atom stereocenters. The number of amides is 1. The lowest BCUT2D eigenvalue weighted by Crippen LogP contribution is -2.48. The standard InChI is InChI=1S/C19H26N4O4S/c1-3-11-28(25,26)21-17-6-4-5-16(13-17)19(24)23-9-7-22(8-10-23)14-18-12-15(2)20-27-18/h4-6,12-13,21H,3,7-11,14H2,1-2H3. The number of carbonyl (C=O) groups is 1. The van der Waals surface area contributed by atoms with Crippen molar-refractivity contribution in [1.29, 1.82) is 0 Å². The summed E-state index contributed by atoms with van der Waals surface area (Å²) in [7, 11) is -3.38. The van der Waals surface area contributed by atoms with Gasteiger partial charge in [0.15, 0.2) is 5.76 Å². The number of hydrogen-bond donors (Lipinski definition) is 1. The summed E-state index contributed by atoms with van der Waals surface area (Å²) in [6.45, 7) is 7.08. The van der Waals surface area contributed by atoms with E-state index in [-0.39, 0.29) is 11.7 Å². The van der Waals surface area contributed by atoms with Crippen LogP contribution < -0.4 is 4.72 Å². The van der Waals surface area contributed by atoms with Gasteiger partial charge in [-0.3, -0.25) is 14.4 Å². The van der Waals surface area contributed by atoms with Crippen molar-refractivity contribution in [2.45, 2.75) is 26.8 Å². The quantitative estimate of drug-likeness (QED) is 0.756. The second kappa shape index (κ2) is 8.74. The maximum Gasteiger partial charge on any atom is 0.254 e. The van der Waals surface area contributed by atoms with Crippen molar-refractivity contribution in [3.63, 3.8) is 0 Å². The molecule has 2 aromatic rings. The van der Waals surface area contributed by atoms with Crippen molar-refractivity contribution in [3.8, 4) is 0 Å². The smallest absolute Gasteiger partial charge is 0.254 e. The summed E-state index contributed by atoms with van der Waals surface area (Å²) < 4.78 is 31.7. The van der Waals surface area contributed by atoms with E-state index in [0.717, 1.165) is 24.5 Å². The second-order valence-corrected chi connectivity index (χ2v) is 8.85. The molecule has 0 spiro atoms. The van der Waals surface area contributed by atoms with E-state index in [2.05, 4.69) is 14.8 Å². The molecule has 0 radical (unpaired) electrons. The lowest BCUT2D eigenvalue weighted by atomic mass is 10.1. The monoisotopic (exact) mass is 406 g/mol. The zero-order valence-corrected chi connectivity index (χ0v) is 17.0. The summed E-state index contributed by atoms with van der Waals surface area (Å²) in [6, 6.07) is 8.58. The van der Waals surface area contributed by atoms with Crippen molar-refractivity contribution >= 4 is 21.6 Å². The number of aromatic nitrogens is 1. The first kappa shape index (κ1) is 20.3.